The standard InChI is InChI=1S/C13H18O4/c1-13(2,16)11(14)5-8-3-4-9-6-17-7-10(9)12(8)15/h3-4,11,14-16H,5-7H2,1-2H3. The van der Waals surface area contributed by atoms with Gasteiger partial charge in [-0.25, -0.2) is 0 Å². The van der Waals surface area contributed by atoms with E-state index in [-0.39, 0.29) is 12.2 Å². The van der Waals surface area contributed by atoms with Crippen LogP contribution in [-0.2, 0) is 24.4 Å². The molecule has 1 unspecified atom stereocenters. The van der Waals surface area contributed by atoms with Crippen molar-refractivity contribution in [3.8, 4) is 5.75 Å². The second-order valence-electron chi connectivity index (χ2n) is 5.08. The molecule has 0 radical (unpaired) electrons. The van der Waals surface area contributed by atoms with Gasteiger partial charge in [0.1, 0.15) is 5.75 Å². The van der Waals surface area contributed by atoms with Gasteiger partial charge in [0.2, 0.25) is 0 Å². The molecule has 1 aliphatic rings. The van der Waals surface area contributed by atoms with E-state index in [9.17, 15) is 15.3 Å². The van der Waals surface area contributed by atoms with E-state index in [1.807, 2.05) is 6.07 Å². The number of ether oxygens (including phenoxy) is 1. The first-order chi connectivity index (χ1) is 7.89. The molecule has 0 aliphatic carbocycles. The Balaban J connectivity index is 2.23. The fraction of sp³-hybridized carbons (Fsp3) is 0.538. The maximum atomic E-state index is 10.1. The minimum atomic E-state index is -1.18. The van der Waals surface area contributed by atoms with Gasteiger partial charge in [-0.05, 0) is 25.0 Å². The molecule has 1 atom stereocenters. The van der Waals surface area contributed by atoms with E-state index in [2.05, 4.69) is 0 Å². The number of rotatable bonds is 3. The van der Waals surface area contributed by atoms with Crippen molar-refractivity contribution in [1.29, 1.82) is 0 Å². The first kappa shape index (κ1) is 12.4. The zero-order valence-electron chi connectivity index (χ0n) is 10.1. The molecular weight excluding hydrogens is 220 g/mol. The van der Waals surface area contributed by atoms with Crippen LogP contribution in [0.15, 0.2) is 12.1 Å². The zero-order valence-corrected chi connectivity index (χ0v) is 10.1. The van der Waals surface area contributed by atoms with Crippen molar-refractivity contribution in [1.82, 2.24) is 0 Å². The highest BCUT2D eigenvalue weighted by molar-refractivity contribution is 5.46. The predicted octanol–water partition coefficient (Wildman–Crippen LogP) is 1.10. The lowest BCUT2D eigenvalue weighted by molar-refractivity contribution is -0.0471. The number of hydrogen-bond donors (Lipinski definition) is 3. The normalized spacial score (nSPS) is 16.9. The fourth-order valence-electron chi connectivity index (χ4n) is 1.91. The summed E-state index contributed by atoms with van der Waals surface area (Å²) in [5.74, 6) is 0.184. The van der Waals surface area contributed by atoms with Crippen LogP contribution in [0.5, 0.6) is 5.75 Å². The zero-order chi connectivity index (χ0) is 12.6. The van der Waals surface area contributed by atoms with Crippen LogP contribution in [0.1, 0.15) is 30.5 Å². The molecular formula is C13H18O4. The van der Waals surface area contributed by atoms with Gasteiger partial charge >= 0.3 is 0 Å². The summed E-state index contributed by atoms with van der Waals surface area (Å²) in [5.41, 5.74) is 1.25. The average Bonchev–Trinajstić information content (AvgIpc) is 2.69. The molecule has 2 rings (SSSR count). The largest absolute Gasteiger partial charge is 0.507 e. The van der Waals surface area contributed by atoms with E-state index < -0.39 is 11.7 Å². The Morgan fingerprint density at radius 3 is 2.71 bits per heavy atom. The summed E-state index contributed by atoms with van der Waals surface area (Å²) in [7, 11) is 0. The van der Waals surface area contributed by atoms with Crippen LogP contribution in [-0.4, -0.2) is 27.0 Å². The number of phenolic OH excluding ortho intramolecular Hbond substituents is 1. The lowest BCUT2D eigenvalue weighted by atomic mass is 9.93. The average molecular weight is 238 g/mol. The topological polar surface area (TPSA) is 69.9 Å². The third kappa shape index (κ3) is 2.44. The Morgan fingerprint density at radius 1 is 1.35 bits per heavy atom. The highest BCUT2D eigenvalue weighted by Crippen LogP contribution is 2.32. The summed E-state index contributed by atoms with van der Waals surface area (Å²) < 4.78 is 5.25. The SMILES string of the molecule is CC(C)(O)C(O)Cc1ccc2c(c1O)COC2. The van der Waals surface area contributed by atoms with Crippen molar-refractivity contribution in [3.05, 3.63) is 28.8 Å². The maximum absolute atomic E-state index is 10.1. The molecule has 0 amide bonds. The van der Waals surface area contributed by atoms with Gasteiger partial charge in [-0.1, -0.05) is 12.1 Å². The number of hydrogen-bond acceptors (Lipinski definition) is 4. The monoisotopic (exact) mass is 238 g/mol. The summed E-state index contributed by atoms with van der Waals surface area (Å²) in [6.07, 6.45) is -0.684. The van der Waals surface area contributed by atoms with Crippen molar-refractivity contribution in [2.24, 2.45) is 0 Å². The second kappa shape index (κ2) is 4.29. The first-order valence-corrected chi connectivity index (χ1v) is 5.70. The summed E-state index contributed by atoms with van der Waals surface area (Å²) in [4.78, 5) is 0. The van der Waals surface area contributed by atoms with Crippen LogP contribution in [0.2, 0.25) is 0 Å². The summed E-state index contributed by atoms with van der Waals surface area (Å²) in [6, 6.07) is 3.67. The predicted molar refractivity (Wildman–Crippen MR) is 62.6 cm³/mol. The minimum absolute atomic E-state index is 0.184. The molecule has 4 heteroatoms. The molecule has 3 N–H and O–H groups in total. The van der Waals surface area contributed by atoms with Gasteiger partial charge in [0.15, 0.2) is 0 Å². The van der Waals surface area contributed by atoms with E-state index in [0.29, 0.717) is 18.8 Å². The molecule has 1 aliphatic heterocycles. The van der Waals surface area contributed by atoms with E-state index >= 15 is 0 Å². The molecule has 1 aromatic rings. The Morgan fingerprint density at radius 2 is 2.06 bits per heavy atom. The van der Waals surface area contributed by atoms with Gasteiger partial charge in [-0.3, -0.25) is 0 Å². The van der Waals surface area contributed by atoms with Crippen molar-refractivity contribution in [3.63, 3.8) is 0 Å². The fourth-order valence-corrected chi connectivity index (χ4v) is 1.91. The molecule has 17 heavy (non-hydrogen) atoms. The lowest BCUT2D eigenvalue weighted by Gasteiger charge is -2.25. The molecule has 0 fully saturated rings. The van der Waals surface area contributed by atoms with Gasteiger partial charge in [0.25, 0.3) is 0 Å². The van der Waals surface area contributed by atoms with Crippen LogP contribution in [0, 0.1) is 0 Å². The molecule has 0 saturated heterocycles. The summed E-state index contributed by atoms with van der Waals surface area (Å²) >= 11 is 0. The molecule has 1 heterocycles. The maximum Gasteiger partial charge on any atom is 0.124 e. The number of aliphatic hydroxyl groups excluding tert-OH is 1. The molecule has 94 valence electrons. The number of phenols is 1. The first-order valence-electron chi connectivity index (χ1n) is 5.70. The molecule has 0 saturated carbocycles. The van der Waals surface area contributed by atoms with Gasteiger partial charge < -0.3 is 20.1 Å². The van der Waals surface area contributed by atoms with Crippen LogP contribution in [0.25, 0.3) is 0 Å². The van der Waals surface area contributed by atoms with Crippen molar-refractivity contribution in [2.45, 2.75) is 45.2 Å². The summed E-state index contributed by atoms with van der Waals surface area (Å²) in [6.45, 7) is 4.03. The molecule has 0 bridgehead atoms. The molecule has 1 aromatic carbocycles. The second-order valence-corrected chi connectivity index (χ2v) is 5.08. The third-order valence-electron chi connectivity index (χ3n) is 3.20. The quantitative estimate of drug-likeness (QED) is 0.737. The van der Waals surface area contributed by atoms with Crippen molar-refractivity contribution in [2.75, 3.05) is 0 Å². The lowest BCUT2D eigenvalue weighted by Crippen LogP contribution is -2.37. The van der Waals surface area contributed by atoms with E-state index in [1.54, 1.807) is 19.9 Å². The third-order valence-corrected chi connectivity index (χ3v) is 3.20. The number of aliphatic hydroxyl groups is 2. The van der Waals surface area contributed by atoms with Crippen LogP contribution >= 0.6 is 0 Å². The van der Waals surface area contributed by atoms with Crippen molar-refractivity contribution < 1.29 is 20.1 Å². The Labute approximate surface area is 100 Å². The smallest absolute Gasteiger partial charge is 0.124 e. The van der Waals surface area contributed by atoms with Crippen LogP contribution < -0.4 is 0 Å². The highest BCUT2D eigenvalue weighted by atomic mass is 16.5. The van der Waals surface area contributed by atoms with Crippen LogP contribution in [0.3, 0.4) is 0 Å². The molecule has 0 spiro atoms. The van der Waals surface area contributed by atoms with Crippen LogP contribution in [0.4, 0.5) is 0 Å². The van der Waals surface area contributed by atoms with E-state index in [1.165, 1.54) is 0 Å². The van der Waals surface area contributed by atoms with Gasteiger partial charge in [-0.15, -0.1) is 0 Å². The van der Waals surface area contributed by atoms with E-state index in [0.717, 1.165) is 11.1 Å². The highest BCUT2D eigenvalue weighted by Gasteiger charge is 2.27. The van der Waals surface area contributed by atoms with Gasteiger partial charge in [0.05, 0.1) is 24.9 Å². The molecule has 0 aromatic heterocycles. The summed E-state index contributed by atoms with van der Waals surface area (Å²) in [5, 5.41) is 29.5. The minimum Gasteiger partial charge on any atom is -0.507 e. The van der Waals surface area contributed by atoms with E-state index in [4.69, 9.17) is 4.74 Å². The molecule has 4 nitrogen and oxygen atoms in total. The van der Waals surface area contributed by atoms with Crippen molar-refractivity contribution >= 4 is 0 Å². The van der Waals surface area contributed by atoms with Gasteiger partial charge in [-0.2, -0.15) is 0 Å². The Kier molecular flexibility index (Phi) is 3.12. The Hall–Kier alpha value is -1.10. The van der Waals surface area contributed by atoms with Gasteiger partial charge in [0, 0.05) is 12.0 Å². The number of benzene rings is 1. The number of aromatic hydroxyl groups is 1. The Bertz CT molecular complexity index is 420. The number of fused-ring (bicyclic) bond motifs is 1.